The number of aryl methyl sites for hydroxylation is 2. The lowest BCUT2D eigenvalue weighted by molar-refractivity contribution is 0.285. The van der Waals surface area contributed by atoms with Crippen molar-refractivity contribution in [1.29, 1.82) is 0 Å². The van der Waals surface area contributed by atoms with Gasteiger partial charge in [-0.25, -0.2) is 8.42 Å². The molecule has 0 bridgehead atoms. The molecular weight excluding hydrogens is 366 g/mol. The Morgan fingerprint density at radius 3 is 2.80 bits per heavy atom. The molecule has 0 saturated heterocycles. The molecule has 110 valence electrons. The van der Waals surface area contributed by atoms with E-state index in [1.165, 1.54) is 17.4 Å². The summed E-state index contributed by atoms with van der Waals surface area (Å²) < 4.78 is 29.3. The van der Waals surface area contributed by atoms with E-state index in [1.807, 2.05) is 6.92 Å². The molecule has 2 rings (SSSR count). The van der Waals surface area contributed by atoms with Crippen molar-refractivity contribution in [3.8, 4) is 0 Å². The fourth-order valence-electron chi connectivity index (χ4n) is 1.74. The number of nitrogens with zero attached hydrogens (tertiary/aromatic N) is 2. The van der Waals surface area contributed by atoms with Crippen LogP contribution in [0.15, 0.2) is 20.9 Å². The highest BCUT2D eigenvalue weighted by molar-refractivity contribution is 9.11. The highest BCUT2D eigenvalue weighted by Gasteiger charge is 2.22. The van der Waals surface area contributed by atoms with Crippen molar-refractivity contribution in [3.63, 3.8) is 0 Å². The maximum absolute atomic E-state index is 12.4. The van der Waals surface area contributed by atoms with Gasteiger partial charge in [0.05, 0.1) is 21.8 Å². The molecule has 6 nitrogen and oxygen atoms in total. The van der Waals surface area contributed by atoms with Crippen LogP contribution in [0.2, 0.25) is 0 Å². The molecule has 2 N–H and O–H groups in total. The molecule has 0 spiro atoms. The molecule has 2 heterocycles. The first-order valence-corrected chi connectivity index (χ1v) is 8.91. The van der Waals surface area contributed by atoms with Crippen LogP contribution >= 0.6 is 27.3 Å². The summed E-state index contributed by atoms with van der Waals surface area (Å²) in [4.78, 5) is 0.705. The van der Waals surface area contributed by atoms with Crippen molar-refractivity contribution in [1.82, 2.24) is 9.78 Å². The highest BCUT2D eigenvalue weighted by Crippen LogP contribution is 2.33. The summed E-state index contributed by atoms with van der Waals surface area (Å²) in [5, 5.41) is 13.3. The Bertz CT molecular complexity index is 721. The second kappa shape index (κ2) is 5.84. The Morgan fingerprint density at radius 1 is 1.55 bits per heavy atom. The van der Waals surface area contributed by atoms with Gasteiger partial charge in [-0.3, -0.25) is 9.40 Å². The summed E-state index contributed by atoms with van der Waals surface area (Å²) in [6.07, 6.45) is 2.26. The minimum atomic E-state index is -3.70. The number of rotatable bonds is 5. The van der Waals surface area contributed by atoms with Crippen molar-refractivity contribution in [2.75, 3.05) is 4.72 Å². The number of aliphatic hydroxyl groups is 1. The maximum Gasteiger partial charge on any atom is 0.263 e. The average Bonchev–Trinajstić information content (AvgIpc) is 2.92. The van der Waals surface area contributed by atoms with Crippen LogP contribution in [0.5, 0.6) is 0 Å². The zero-order valence-electron chi connectivity index (χ0n) is 10.9. The number of hydrogen-bond donors (Lipinski definition) is 2. The largest absolute Gasteiger partial charge is 0.391 e. The Morgan fingerprint density at radius 2 is 2.25 bits per heavy atom. The molecule has 0 radical (unpaired) electrons. The average molecular weight is 380 g/mol. The zero-order chi connectivity index (χ0) is 14.9. The lowest BCUT2D eigenvalue weighted by Crippen LogP contribution is -2.13. The Kier molecular flexibility index (Phi) is 4.52. The second-order valence-corrected chi connectivity index (χ2v) is 8.24. The summed E-state index contributed by atoms with van der Waals surface area (Å²) in [5.41, 5.74) is 1.16. The van der Waals surface area contributed by atoms with Crippen molar-refractivity contribution in [2.45, 2.75) is 24.8 Å². The minimum Gasteiger partial charge on any atom is -0.391 e. The predicted octanol–water partition coefficient (Wildman–Crippen LogP) is 2.10. The van der Waals surface area contributed by atoms with E-state index in [0.717, 1.165) is 0 Å². The normalized spacial score (nSPS) is 11.8. The van der Waals surface area contributed by atoms with E-state index in [1.54, 1.807) is 17.9 Å². The van der Waals surface area contributed by atoms with E-state index < -0.39 is 10.0 Å². The summed E-state index contributed by atoms with van der Waals surface area (Å²) in [6, 6.07) is 1.46. The molecule has 0 fully saturated rings. The maximum atomic E-state index is 12.4. The fourth-order valence-corrected chi connectivity index (χ4v) is 5.36. The van der Waals surface area contributed by atoms with Gasteiger partial charge in [-0.1, -0.05) is 6.92 Å². The molecule has 2 aromatic rings. The monoisotopic (exact) mass is 379 g/mol. The molecule has 0 amide bonds. The van der Waals surface area contributed by atoms with Crippen LogP contribution in [0.25, 0.3) is 0 Å². The smallest absolute Gasteiger partial charge is 0.263 e. The summed E-state index contributed by atoms with van der Waals surface area (Å²) >= 11 is 4.41. The molecule has 0 aliphatic rings. The van der Waals surface area contributed by atoms with Crippen LogP contribution in [0.1, 0.15) is 17.5 Å². The van der Waals surface area contributed by atoms with Crippen LogP contribution in [-0.4, -0.2) is 23.3 Å². The van der Waals surface area contributed by atoms with Gasteiger partial charge in [-0.2, -0.15) is 5.10 Å². The highest BCUT2D eigenvalue weighted by atomic mass is 79.9. The van der Waals surface area contributed by atoms with Gasteiger partial charge in [-0.05, 0) is 28.4 Å². The summed E-state index contributed by atoms with van der Waals surface area (Å²) in [7, 11) is -1.97. The number of thiophene rings is 1. The first-order chi connectivity index (χ1) is 9.37. The van der Waals surface area contributed by atoms with Crippen molar-refractivity contribution >= 4 is 43.0 Å². The van der Waals surface area contributed by atoms with Gasteiger partial charge >= 0.3 is 0 Å². The first kappa shape index (κ1) is 15.5. The summed E-state index contributed by atoms with van der Waals surface area (Å²) in [6.45, 7) is 1.72. The van der Waals surface area contributed by atoms with Gasteiger partial charge in [-0.15, -0.1) is 11.3 Å². The molecule has 0 saturated carbocycles. The third kappa shape index (κ3) is 3.05. The van der Waals surface area contributed by atoms with E-state index in [2.05, 4.69) is 25.8 Å². The van der Waals surface area contributed by atoms with Gasteiger partial charge in [0.25, 0.3) is 10.0 Å². The Balaban J connectivity index is 2.37. The van der Waals surface area contributed by atoms with Gasteiger partial charge in [0.1, 0.15) is 4.90 Å². The number of aromatic nitrogens is 2. The van der Waals surface area contributed by atoms with E-state index in [-0.39, 0.29) is 11.5 Å². The van der Waals surface area contributed by atoms with Gasteiger partial charge in [0.15, 0.2) is 0 Å². The number of aliphatic hydroxyl groups excluding tert-OH is 1. The van der Waals surface area contributed by atoms with Gasteiger partial charge in [0.2, 0.25) is 0 Å². The standard InChI is InChI=1S/C11H14BrN3O3S2/c1-3-8-9(5-15(2)13-8)14-20(17,18)10-4-7(6-16)19-11(10)12/h4-5,14,16H,3,6H2,1-2H3. The third-order valence-corrected chi connectivity index (χ3v) is 6.24. The lowest BCUT2D eigenvalue weighted by Gasteiger charge is -2.06. The third-order valence-electron chi connectivity index (χ3n) is 2.64. The molecule has 2 aromatic heterocycles. The number of hydrogen-bond acceptors (Lipinski definition) is 5. The fraction of sp³-hybridized carbons (Fsp3) is 0.364. The predicted molar refractivity (Wildman–Crippen MR) is 81.3 cm³/mol. The van der Waals surface area contributed by atoms with Crippen LogP contribution in [0, 0.1) is 0 Å². The SMILES string of the molecule is CCc1nn(C)cc1NS(=O)(=O)c1cc(CO)sc1Br. The number of anilines is 1. The van der Waals surface area contributed by atoms with Crippen molar-refractivity contribution < 1.29 is 13.5 Å². The van der Waals surface area contributed by atoms with Crippen LogP contribution in [0.4, 0.5) is 5.69 Å². The van der Waals surface area contributed by atoms with Crippen LogP contribution in [-0.2, 0) is 30.1 Å². The Hall–Kier alpha value is -0.900. The molecule has 0 aliphatic carbocycles. The van der Waals surface area contributed by atoms with E-state index in [0.29, 0.717) is 26.5 Å². The topological polar surface area (TPSA) is 84.2 Å². The molecular formula is C11H14BrN3O3S2. The first-order valence-electron chi connectivity index (χ1n) is 5.81. The number of nitrogens with one attached hydrogen (secondary N) is 1. The molecule has 9 heteroatoms. The van der Waals surface area contributed by atoms with Crippen LogP contribution in [0.3, 0.4) is 0 Å². The second-order valence-electron chi connectivity index (χ2n) is 4.13. The number of halogens is 1. The zero-order valence-corrected chi connectivity index (χ0v) is 14.1. The van der Waals surface area contributed by atoms with Crippen molar-refractivity contribution in [2.24, 2.45) is 7.05 Å². The quantitative estimate of drug-likeness (QED) is 0.832. The van der Waals surface area contributed by atoms with E-state index >= 15 is 0 Å². The minimum absolute atomic E-state index is 0.123. The van der Waals surface area contributed by atoms with E-state index in [4.69, 9.17) is 5.11 Å². The molecule has 0 aliphatic heterocycles. The van der Waals surface area contributed by atoms with Gasteiger partial charge in [0, 0.05) is 18.1 Å². The van der Waals surface area contributed by atoms with E-state index in [9.17, 15) is 8.42 Å². The van der Waals surface area contributed by atoms with Crippen LogP contribution < -0.4 is 4.72 Å². The van der Waals surface area contributed by atoms with Gasteiger partial charge < -0.3 is 5.11 Å². The molecule has 0 unspecified atom stereocenters. The lowest BCUT2D eigenvalue weighted by atomic mass is 10.3. The molecule has 0 aromatic carbocycles. The molecule has 0 atom stereocenters. The number of sulfonamides is 1. The molecule has 20 heavy (non-hydrogen) atoms. The Labute approximate surface area is 129 Å². The van der Waals surface area contributed by atoms with Crippen molar-refractivity contribution in [3.05, 3.63) is 26.6 Å². The summed E-state index contributed by atoms with van der Waals surface area (Å²) in [5.74, 6) is 0.